The number of pyridine rings is 1. The summed E-state index contributed by atoms with van der Waals surface area (Å²) in [7, 11) is 1.85. The van der Waals surface area contributed by atoms with Gasteiger partial charge in [-0.1, -0.05) is 0 Å². The van der Waals surface area contributed by atoms with E-state index in [1.807, 2.05) is 18.9 Å². The minimum Gasteiger partial charge on any atom is -0.477 e. The van der Waals surface area contributed by atoms with Gasteiger partial charge in [-0.05, 0) is 44.2 Å². The Morgan fingerprint density at radius 1 is 1.31 bits per heavy atom. The predicted molar refractivity (Wildman–Crippen MR) is 99.3 cm³/mol. The van der Waals surface area contributed by atoms with E-state index in [2.05, 4.69) is 20.3 Å². The van der Waals surface area contributed by atoms with Crippen LogP contribution in [-0.2, 0) is 6.42 Å². The van der Waals surface area contributed by atoms with Crippen molar-refractivity contribution in [2.24, 2.45) is 5.92 Å². The highest BCUT2D eigenvalue weighted by Crippen LogP contribution is 2.25. The first-order chi connectivity index (χ1) is 12.7. The number of anilines is 1. The van der Waals surface area contributed by atoms with Gasteiger partial charge >= 0.3 is 0 Å². The van der Waals surface area contributed by atoms with E-state index in [-0.39, 0.29) is 5.91 Å². The molecule has 3 rings (SSSR count). The van der Waals surface area contributed by atoms with E-state index in [0.717, 1.165) is 37.3 Å². The van der Waals surface area contributed by atoms with E-state index < -0.39 is 0 Å². The maximum absolute atomic E-state index is 13.0. The maximum Gasteiger partial charge on any atom is 0.259 e. The molecule has 7 heteroatoms. The lowest BCUT2D eigenvalue weighted by atomic mass is 9.92. The fourth-order valence-corrected chi connectivity index (χ4v) is 3.39. The number of ether oxygens (including phenoxy) is 1. The van der Waals surface area contributed by atoms with Crippen LogP contribution in [-0.4, -0.2) is 52.5 Å². The van der Waals surface area contributed by atoms with Crippen LogP contribution in [0.15, 0.2) is 30.7 Å². The quantitative estimate of drug-likeness (QED) is 0.857. The monoisotopic (exact) mass is 355 g/mol. The van der Waals surface area contributed by atoms with Crippen LogP contribution >= 0.6 is 0 Å². The van der Waals surface area contributed by atoms with Gasteiger partial charge in [-0.3, -0.25) is 9.78 Å². The number of amides is 1. The smallest absolute Gasteiger partial charge is 0.259 e. The van der Waals surface area contributed by atoms with Crippen LogP contribution in [0.4, 0.5) is 5.82 Å². The van der Waals surface area contributed by atoms with Crippen molar-refractivity contribution in [3.63, 3.8) is 0 Å². The van der Waals surface area contributed by atoms with Crippen LogP contribution in [0.1, 0.15) is 35.8 Å². The average Bonchev–Trinajstić information content (AvgIpc) is 2.69. The van der Waals surface area contributed by atoms with Crippen molar-refractivity contribution in [1.29, 1.82) is 0 Å². The van der Waals surface area contributed by atoms with Gasteiger partial charge in [0.25, 0.3) is 5.91 Å². The average molecular weight is 355 g/mol. The maximum atomic E-state index is 13.0. The molecule has 1 aliphatic rings. The fourth-order valence-electron chi connectivity index (χ4n) is 3.39. The number of hydrogen-bond acceptors (Lipinski definition) is 6. The molecule has 26 heavy (non-hydrogen) atoms. The number of carbonyl (C=O) groups excluding carboxylic acids is 1. The minimum absolute atomic E-state index is 0.0146. The summed E-state index contributed by atoms with van der Waals surface area (Å²) in [5.74, 6) is 1.57. The van der Waals surface area contributed by atoms with Crippen LogP contribution < -0.4 is 10.1 Å². The van der Waals surface area contributed by atoms with Crippen molar-refractivity contribution in [1.82, 2.24) is 19.9 Å². The molecule has 3 heterocycles. The third-order valence-electron chi connectivity index (χ3n) is 4.58. The summed E-state index contributed by atoms with van der Waals surface area (Å²) in [6, 6.07) is 3.56. The second-order valence-electron chi connectivity index (χ2n) is 6.35. The van der Waals surface area contributed by atoms with Crippen molar-refractivity contribution in [3.05, 3.63) is 42.0 Å². The Hall–Kier alpha value is -2.70. The number of aromatic nitrogens is 3. The molecule has 138 valence electrons. The largest absolute Gasteiger partial charge is 0.477 e. The Labute approximate surface area is 153 Å². The number of rotatable bonds is 6. The molecule has 0 saturated carbocycles. The van der Waals surface area contributed by atoms with Gasteiger partial charge in [0.2, 0.25) is 5.88 Å². The molecule has 0 spiro atoms. The topological polar surface area (TPSA) is 80.2 Å². The highest BCUT2D eigenvalue weighted by Gasteiger charge is 2.27. The molecule has 1 atom stereocenters. The highest BCUT2D eigenvalue weighted by molar-refractivity contribution is 5.96. The van der Waals surface area contributed by atoms with Crippen molar-refractivity contribution in [2.45, 2.75) is 26.2 Å². The lowest BCUT2D eigenvalue weighted by Crippen LogP contribution is -2.40. The summed E-state index contributed by atoms with van der Waals surface area (Å²) in [5, 5.41) is 3.09. The zero-order chi connectivity index (χ0) is 18.4. The molecule has 1 amide bonds. The van der Waals surface area contributed by atoms with Gasteiger partial charge in [0, 0.05) is 38.7 Å². The van der Waals surface area contributed by atoms with Crippen molar-refractivity contribution in [2.75, 3.05) is 32.1 Å². The van der Waals surface area contributed by atoms with Crippen LogP contribution in [0.25, 0.3) is 0 Å². The number of carbonyl (C=O) groups is 1. The molecule has 2 aromatic rings. The Bertz CT molecular complexity index is 752. The second-order valence-corrected chi connectivity index (χ2v) is 6.35. The van der Waals surface area contributed by atoms with E-state index in [9.17, 15) is 4.79 Å². The molecular formula is C19H25N5O2. The number of nitrogens with zero attached hydrogens (tertiary/aromatic N) is 4. The van der Waals surface area contributed by atoms with Crippen LogP contribution in [0, 0.1) is 5.92 Å². The summed E-state index contributed by atoms with van der Waals surface area (Å²) >= 11 is 0. The first kappa shape index (κ1) is 18.1. The van der Waals surface area contributed by atoms with Crippen LogP contribution in [0.2, 0.25) is 0 Å². The molecular weight excluding hydrogens is 330 g/mol. The summed E-state index contributed by atoms with van der Waals surface area (Å²) in [4.78, 5) is 27.9. The Morgan fingerprint density at radius 2 is 2.15 bits per heavy atom. The van der Waals surface area contributed by atoms with Gasteiger partial charge in [-0.25, -0.2) is 9.97 Å². The molecule has 1 fully saturated rings. The Morgan fingerprint density at radius 3 is 2.96 bits per heavy atom. The molecule has 0 aromatic carbocycles. The molecule has 0 radical (unpaired) electrons. The third-order valence-corrected chi connectivity index (χ3v) is 4.58. The van der Waals surface area contributed by atoms with Gasteiger partial charge in [0.1, 0.15) is 11.4 Å². The molecule has 1 aliphatic heterocycles. The number of piperidine rings is 1. The molecule has 1 saturated heterocycles. The van der Waals surface area contributed by atoms with E-state index in [1.54, 1.807) is 30.7 Å². The molecule has 0 aliphatic carbocycles. The van der Waals surface area contributed by atoms with Gasteiger partial charge in [0.15, 0.2) is 0 Å². The van der Waals surface area contributed by atoms with E-state index in [1.165, 1.54) is 0 Å². The number of likely N-dealkylation sites (tertiary alicyclic amines) is 1. The van der Waals surface area contributed by atoms with E-state index >= 15 is 0 Å². The molecule has 2 aromatic heterocycles. The second kappa shape index (κ2) is 8.60. The number of nitrogens with one attached hydrogen (secondary N) is 1. The Balaban J connectivity index is 1.71. The first-order valence-electron chi connectivity index (χ1n) is 9.07. The lowest BCUT2D eigenvalue weighted by Gasteiger charge is -2.33. The third kappa shape index (κ3) is 4.09. The lowest BCUT2D eigenvalue weighted by molar-refractivity contribution is 0.0668. The van der Waals surface area contributed by atoms with Gasteiger partial charge < -0.3 is 15.0 Å². The molecule has 1 N–H and O–H groups in total. The predicted octanol–water partition coefficient (Wildman–Crippen LogP) is 2.41. The normalized spacial score (nSPS) is 17.0. The summed E-state index contributed by atoms with van der Waals surface area (Å²) in [6.07, 6.45) is 7.91. The van der Waals surface area contributed by atoms with Crippen LogP contribution in [0.5, 0.6) is 5.88 Å². The number of hydrogen-bond donors (Lipinski definition) is 1. The van der Waals surface area contributed by atoms with E-state index in [4.69, 9.17) is 4.74 Å². The van der Waals surface area contributed by atoms with Gasteiger partial charge in [0.05, 0.1) is 12.3 Å². The van der Waals surface area contributed by atoms with Crippen LogP contribution in [0.3, 0.4) is 0 Å². The van der Waals surface area contributed by atoms with Crippen molar-refractivity contribution < 1.29 is 9.53 Å². The molecule has 7 nitrogen and oxygen atoms in total. The fraction of sp³-hybridized carbons (Fsp3) is 0.474. The minimum atomic E-state index is -0.0146. The Kier molecular flexibility index (Phi) is 5.99. The van der Waals surface area contributed by atoms with Gasteiger partial charge in [-0.15, -0.1) is 0 Å². The highest BCUT2D eigenvalue weighted by atomic mass is 16.5. The first-order valence-corrected chi connectivity index (χ1v) is 9.07. The van der Waals surface area contributed by atoms with Crippen molar-refractivity contribution >= 4 is 11.7 Å². The standard InChI is InChI=1S/C19H25N5O2/c1-3-26-18-15(7-4-8-23-18)19(25)24-11-5-6-14(13-24)12-16-17(20-2)22-10-9-21-16/h4,7-10,14H,3,5-6,11-13H2,1-2H3,(H,20,22)/t14-/m1/s1. The van der Waals surface area contributed by atoms with Crippen molar-refractivity contribution in [3.8, 4) is 5.88 Å². The SMILES string of the molecule is CCOc1ncccc1C(=O)N1CCC[C@H](Cc2nccnc2NC)C1. The summed E-state index contributed by atoms with van der Waals surface area (Å²) < 4.78 is 5.52. The summed E-state index contributed by atoms with van der Waals surface area (Å²) in [5.41, 5.74) is 1.48. The molecule has 0 unspecified atom stereocenters. The van der Waals surface area contributed by atoms with Gasteiger partial charge in [-0.2, -0.15) is 0 Å². The summed E-state index contributed by atoms with van der Waals surface area (Å²) in [6.45, 7) is 3.84. The zero-order valence-electron chi connectivity index (χ0n) is 15.3. The zero-order valence-corrected chi connectivity index (χ0v) is 15.3. The molecule has 0 bridgehead atoms. The van der Waals surface area contributed by atoms with E-state index in [0.29, 0.717) is 30.5 Å².